The first-order chi connectivity index (χ1) is 18.8. The maximum atomic E-state index is 2.42. The molecule has 0 radical (unpaired) electrons. The standard InChI is InChI=1S/3C13H18/c1-10(2)12-9-5-7-11-6-3-4-8-13(11)12;2*1-10(2)12-8-7-11-5-3-4-6-13(11)9-12/h5,7,9-10H,3-4,6,8H2,1-2H3;7-10H,3-6H2,1-2H3;3-6,10,12H,7-9H2,1-2H3. The lowest BCUT2D eigenvalue weighted by atomic mass is 9.78. The highest BCUT2D eigenvalue weighted by Gasteiger charge is 2.20. The molecule has 210 valence electrons. The molecule has 0 fully saturated rings. The molecule has 0 bridgehead atoms. The first-order valence-electron chi connectivity index (χ1n) is 16.1. The summed E-state index contributed by atoms with van der Waals surface area (Å²) in [5, 5.41) is 0. The number of rotatable bonds is 3. The number of hydrogen-bond donors (Lipinski definition) is 0. The highest BCUT2D eigenvalue weighted by molar-refractivity contribution is 5.38. The Kier molecular flexibility index (Phi) is 10.9. The van der Waals surface area contributed by atoms with Crippen molar-refractivity contribution < 1.29 is 0 Å². The summed E-state index contributed by atoms with van der Waals surface area (Å²) in [6.45, 7) is 13.8. The lowest BCUT2D eigenvalue weighted by Gasteiger charge is -2.27. The number of aryl methyl sites for hydroxylation is 4. The summed E-state index contributed by atoms with van der Waals surface area (Å²) in [4.78, 5) is 0. The zero-order valence-electron chi connectivity index (χ0n) is 25.9. The van der Waals surface area contributed by atoms with Crippen LogP contribution in [0.3, 0.4) is 0 Å². The summed E-state index contributed by atoms with van der Waals surface area (Å²) < 4.78 is 0. The molecule has 0 heteroatoms. The Hall–Kier alpha value is -2.34. The third kappa shape index (κ3) is 8.09. The Bertz CT molecular complexity index is 1180. The summed E-state index contributed by atoms with van der Waals surface area (Å²) in [6.07, 6.45) is 14.7. The molecular weight excluding hydrogens is 468 g/mol. The molecule has 3 aromatic rings. The Labute approximate surface area is 240 Å². The van der Waals surface area contributed by atoms with E-state index in [0.29, 0.717) is 11.8 Å². The molecule has 3 aliphatic rings. The molecule has 1 unspecified atom stereocenters. The predicted molar refractivity (Wildman–Crippen MR) is 171 cm³/mol. The summed E-state index contributed by atoms with van der Waals surface area (Å²) >= 11 is 0. The van der Waals surface area contributed by atoms with E-state index in [0.717, 1.165) is 11.8 Å². The number of hydrogen-bond acceptors (Lipinski definition) is 0. The van der Waals surface area contributed by atoms with Gasteiger partial charge in [-0.1, -0.05) is 102 Å². The van der Waals surface area contributed by atoms with Crippen molar-refractivity contribution in [1.82, 2.24) is 0 Å². The first-order valence-corrected chi connectivity index (χ1v) is 16.1. The van der Waals surface area contributed by atoms with E-state index in [1.165, 1.54) is 76.2 Å². The van der Waals surface area contributed by atoms with Gasteiger partial charge in [0, 0.05) is 0 Å². The van der Waals surface area contributed by atoms with Crippen LogP contribution in [0, 0.1) is 11.8 Å². The maximum absolute atomic E-state index is 2.42. The SMILES string of the molecule is CC(C)C1CCc2ccccc2C1.CC(C)c1ccc2c(c1)CCCC2.CC(C)c1cccc2c1CCCC2. The second-order valence-electron chi connectivity index (χ2n) is 13.3. The predicted octanol–water partition coefficient (Wildman–Crippen LogP) is 10.8. The van der Waals surface area contributed by atoms with Crippen molar-refractivity contribution in [3.63, 3.8) is 0 Å². The minimum atomic E-state index is 0.673. The van der Waals surface area contributed by atoms with E-state index in [4.69, 9.17) is 0 Å². The number of fused-ring (bicyclic) bond motifs is 3. The molecule has 0 nitrogen and oxygen atoms in total. The third-order valence-electron chi connectivity index (χ3n) is 9.42. The molecule has 1 atom stereocenters. The van der Waals surface area contributed by atoms with Gasteiger partial charge in [0.2, 0.25) is 0 Å². The molecule has 0 aromatic heterocycles. The molecule has 0 spiro atoms. The van der Waals surface area contributed by atoms with Gasteiger partial charge in [0.05, 0.1) is 0 Å². The van der Waals surface area contributed by atoms with Crippen molar-refractivity contribution >= 4 is 0 Å². The van der Waals surface area contributed by atoms with Gasteiger partial charge >= 0.3 is 0 Å². The van der Waals surface area contributed by atoms with E-state index in [1.54, 1.807) is 38.9 Å². The molecular formula is C39H54. The van der Waals surface area contributed by atoms with Crippen molar-refractivity contribution in [3.8, 4) is 0 Å². The Morgan fingerprint density at radius 3 is 1.85 bits per heavy atom. The summed E-state index contributed by atoms with van der Waals surface area (Å²) in [5.74, 6) is 3.11. The smallest absolute Gasteiger partial charge is 0.0216 e. The molecule has 3 aliphatic carbocycles. The monoisotopic (exact) mass is 522 g/mol. The average Bonchev–Trinajstić information content (AvgIpc) is 2.97. The lowest BCUT2D eigenvalue weighted by Crippen LogP contribution is -2.18. The van der Waals surface area contributed by atoms with Crippen molar-refractivity contribution in [2.75, 3.05) is 0 Å². The van der Waals surface area contributed by atoms with Crippen LogP contribution in [-0.4, -0.2) is 0 Å². The molecule has 39 heavy (non-hydrogen) atoms. The Morgan fingerprint density at radius 1 is 0.538 bits per heavy atom. The zero-order chi connectivity index (χ0) is 27.8. The first kappa shape index (κ1) is 29.6. The molecule has 0 saturated heterocycles. The van der Waals surface area contributed by atoms with Crippen LogP contribution in [0.4, 0.5) is 0 Å². The van der Waals surface area contributed by atoms with Crippen LogP contribution in [0.25, 0.3) is 0 Å². The van der Waals surface area contributed by atoms with Gasteiger partial charge in [-0.25, -0.2) is 0 Å². The summed E-state index contributed by atoms with van der Waals surface area (Å²) in [5.41, 5.74) is 12.7. The van der Waals surface area contributed by atoms with Gasteiger partial charge in [-0.15, -0.1) is 0 Å². The van der Waals surface area contributed by atoms with Crippen molar-refractivity contribution in [3.05, 3.63) is 105 Å². The van der Waals surface area contributed by atoms with E-state index in [-0.39, 0.29) is 0 Å². The van der Waals surface area contributed by atoms with Gasteiger partial charge in [0.1, 0.15) is 0 Å². The quantitative estimate of drug-likeness (QED) is 0.321. The van der Waals surface area contributed by atoms with Crippen LogP contribution in [0.1, 0.15) is 130 Å². The van der Waals surface area contributed by atoms with Crippen LogP contribution in [0.2, 0.25) is 0 Å². The summed E-state index contributed by atoms with van der Waals surface area (Å²) in [6, 6.07) is 22.8. The van der Waals surface area contributed by atoms with E-state index >= 15 is 0 Å². The lowest BCUT2D eigenvalue weighted by molar-refractivity contribution is 0.343. The second kappa shape index (κ2) is 14.3. The van der Waals surface area contributed by atoms with Crippen LogP contribution >= 0.6 is 0 Å². The van der Waals surface area contributed by atoms with Gasteiger partial charge in [0.25, 0.3) is 0 Å². The molecule has 0 N–H and O–H groups in total. The molecule has 0 saturated carbocycles. The fraction of sp³-hybridized carbons (Fsp3) is 0.538. The molecule has 6 rings (SSSR count). The average molecular weight is 523 g/mol. The van der Waals surface area contributed by atoms with Crippen molar-refractivity contribution in [1.29, 1.82) is 0 Å². The molecule has 0 amide bonds. The minimum absolute atomic E-state index is 0.673. The number of benzene rings is 3. The largest absolute Gasteiger partial charge is 0.0625 e. The van der Waals surface area contributed by atoms with Gasteiger partial charge in [-0.3, -0.25) is 0 Å². The van der Waals surface area contributed by atoms with Gasteiger partial charge in [0.15, 0.2) is 0 Å². The van der Waals surface area contributed by atoms with Gasteiger partial charge in [-0.05, 0) is 139 Å². The van der Waals surface area contributed by atoms with Crippen molar-refractivity contribution in [2.24, 2.45) is 11.8 Å². The van der Waals surface area contributed by atoms with E-state index in [2.05, 4.69) is 102 Å². The highest BCUT2D eigenvalue weighted by Crippen LogP contribution is 2.30. The van der Waals surface area contributed by atoms with Crippen LogP contribution in [-0.2, 0) is 38.5 Å². The summed E-state index contributed by atoms with van der Waals surface area (Å²) in [7, 11) is 0. The van der Waals surface area contributed by atoms with Gasteiger partial charge < -0.3 is 0 Å². The van der Waals surface area contributed by atoms with Crippen molar-refractivity contribution in [2.45, 2.75) is 124 Å². The van der Waals surface area contributed by atoms with Gasteiger partial charge in [-0.2, -0.15) is 0 Å². The van der Waals surface area contributed by atoms with E-state index in [1.807, 2.05) is 0 Å². The fourth-order valence-corrected chi connectivity index (χ4v) is 6.76. The van der Waals surface area contributed by atoms with E-state index < -0.39 is 0 Å². The maximum Gasteiger partial charge on any atom is -0.0216 e. The fourth-order valence-electron chi connectivity index (χ4n) is 6.76. The third-order valence-corrected chi connectivity index (χ3v) is 9.42. The van der Waals surface area contributed by atoms with Crippen LogP contribution in [0.5, 0.6) is 0 Å². The normalized spacial score (nSPS) is 17.8. The van der Waals surface area contributed by atoms with Crippen LogP contribution in [0.15, 0.2) is 60.7 Å². The molecule has 0 heterocycles. The second-order valence-corrected chi connectivity index (χ2v) is 13.3. The molecule has 0 aliphatic heterocycles. The Balaban J connectivity index is 0.000000136. The van der Waals surface area contributed by atoms with E-state index in [9.17, 15) is 0 Å². The topological polar surface area (TPSA) is 0 Å². The molecule has 3 aromatic carbocycles. The Morgan fingerprint density at radius 2 is 1.15 bits per heavy atom. The highest BCUT2D eigenvalue weighted by atomic mass is 14.3. The minimum Gasteiger partial charge on any atom is -0.0625 e. The van der Waals surface area contributed by atoms with Crippen LogP contribution < -0.4 is 0 Å². The zero-order valence-corrected chi connectivity index (χ0v) is 25.9.